The lowest BCUT2D eigenvalue weighted by Gasteiger charge is -2.05. The first kappa shape index (κ1) is 13.6. The summed E-state index contributed by atoms with van der Waals surface area (Å²) in [6.45, 7) is -0.167. The number of carbonyl (C=O) groups excluding carboxylic acids is 1. The maximum atomic E-state index is 12.3. The van der Waals surface area contributed by atoms with Crippen LogP contribution in [0.15, 0.2) is 39.7 Å². The van der Waals surface area contributed by atoms with Crippen molar-refractivity contribution in [2.75, 3.05) is 0 Å². The molecule has 0 aliphatic carbocycles. The van der Waals surface area contributed by atoms with Gasteiger partial charge in [-0.1, -0.05) is 39.3 Å². The summed E-state index contributed by atoms with van der Waals surface area (Å²) in [4.78, 5) is 24.5. The molecule has 0 bridgehead atoms. The predicted molar refractivity (Wildman–Crippen MR) is 79.0 cm³/mol. The van der Waals surface area contributed by atoms with Crippen molar-refractivity contribution in [2.24, 2.45) is 7.05 Å². The standard InChI is InChI=1S/C13H10BrN5O2/c1-18-12-9(6-15-18)13(21)19(17-16-12)7-11(20)8-4-2-3-5-10(8)14/h2-6H,7H2,1H3. The molecule has 7 nitrogen and oxygen atoms in total. The summed E-state index contributed by atoms with van der Waals surface area (Å²) >= 11 is 3.31. The Morgan fingerprint density at radius 3 is 2.86 bits per heavy atom. The lowest BCUT2D eigenvalue weighted by molar-refractivity contribution is 0.0964. The van der Waals surface area contributed by atoms with E-state index in [9.17, 15) is 9.59 Å². The van der Waals surface area contributed by atoms with E-state index in [1.807, 2.05) is 6.07 Å². The number of benzene rings is 1. The molecule has 0 saturated heterocycles. The number of ketones is 1. The van der Waals surface area contributed by atoms with E-state index in [1.165, 1.54) is 10.9 Å². The van der Waals surface area contributed by atoms with Gasteiger partial charge in [0.25, 0.3) is 5.56 Å². The van der Waals surface area contributed by atoms with Crippen molar-refractivity contribution in [3.8, 4) is 0 Å². The molecule has 0 radical (unpaired) electrons. The highest BCUT2D eigenvalue weighted by Gasteiger charge is 2.14. The van der Waals surface area contributed by atoms with E-state index in [1.54, 1.807) is 25.2 Å². The largest absolute Gasteiger partial charge is 0.292 e. The monoisotopic (exact) mass is 347 g/mol. The molecule has 3 rings (SSSR count). The van der Waals surface area contributed by atoms with Crippen molar-refractivity contribution in [1.29, 1.82) is 0 Å². The minimum absolute atomic E-state index is 0.167. The highest BCUT2D eigenvalue weighted by atomic mass is 79.9. The quantitative estimate of drug-likeness (QED) is 0.664. The van der Waals surface area contributed by atoms with Gasteiger partial charge in [0.15, 0.2) is 11.4 Å². The Morgan fingerprint density at radius 1 is 1.33 bits per heavy atom. The van der Waals surface area contributed by atoms with E-state index in [0.29, 0.717) is 21.1 Å². The first-order valence-corrected chi connectivity index (χ1v) is 6.90. The van der Waals surface area contributed by atoms with E-state index >= 15 is 0 Å². The molecule has 0 spiro atoms. The topological polar surface area (TPSA) is 82.7 Å². The summed E-state index contributed by atoms with van der Waals surface area (Å²) in [6.07, 6.45) is 1.42. The van der Waals surface area contributed by atoms with Crippen molar-refractivity contribution in [1.82, 2.24) is 24.8 Å². The molecule has 8 heteroatoms. The molecule has 0 atom stereocenters. The zero-order valence-electron chi connectivity index (χ0n) is 11.0. The fourth-order valence-corrected chi connectivity index (χ4v) is 2.49. The van der Waals surface area contributed by atoms with Crippen molar-refractivity contribution in [2.45, 2.75) is 6.54 Å². The van der Waals surface area contributed by atoms with Gasteiger partial charge in [-0.3, -0.25) is 9.59 Å². The SMILES string of the molecule is Cn1ncc2c(=O)n(CC(=O)c3ccccc3Br)nnc21. The minimum Gasteiger partial charge on any atom is -0.292 e. The number of rotatable bonds is 3. The third-order valence-electron chi connectivity index (χ3n) is 3.09. The Bertz CT molecular complexity index is 899. The number of aryl methyl sites for hydroxylation is 1. The Kier molecular flexibility index (Phi) is 3.38. The van der Waals surface area contributed by atoms with Gasteiger partial charge in [0, 0.05) is 17.1 Å². The summed E-state index contributed by atoms with van der Waals surface area (Å²) in [5.74, 6) is -0.220. The van der Waals surface area contributed by atoms with Crippen LogP contribution in [0.25, 0.3) is 11.0 Å². The molecule has 3 aromatic rings. The van der Waals surface area contributed by atoms with Crippen LogP contribution >= 0.6 is 15.9 Å². The third kappa shape index (κ3) is 2.38. The lowest BCUT2D eigenvalue weighted by atomic mass is 10.1. The van der Waals surface area contributed by atoms with Crippen LogP contribution in [0.4, 0.5) is 0 Å². The van der Waals surface area contributed by atoms with Gasteiger partial charge >= 0.3 is 0 Å². The van der Waals surface area contributed by atoms with E-state index in [-0.39, 0.29) is 17.9 Å². The molecule has 106 valence electrons. The molecule has 2 aromatic heterocycles. The second kappa shape index (κ2) is 5.21. The number of hydrogen-bond donors (Lipinski definition) is 0. The van der Waals surface area contributed by atoms with Crippen LogP contribution in [0.2, 0.25) is 0 Å². The molecule has 0 aliphatic heterocycles. The Labute approximate surface area is 127 Å². The van der Waals surface area contributed by atoms with Crippen molar-refractivity contribution < 1.29 is 4.79 Å². The van der Waals surface area contributed by atoms with Crippen LogP contribution in [0.3, 0.4) is 0 Å². The van der Waals surface area contributed by atoms with E-state index in [0.717, 1.165) is 4.68 Å². The maximum Gasteiger partial charge on any atom is 0.281 e. The van der Waals surface area contributed by atoms with Gasteiger partial charge in [0.1, 0.15) is 11.9 Å². The second-order valence-electron chi connectivity index (χ2n) is 4.46. The summed E-state index contributed by atoms with van der Waals surface area (Å²) in [6, 6.07) is 7.03. The third-order valence-corrected chi connectivity index (χ3v) is 3.78. The number of fused-ring (bicyclic) bond motifs is 1. The fourth-order valence-electron chi connectivity index (χ4n) is 1.99. The molecule has 0 unspecified atom stereocenters. The minimum atomic E-state index is -0.381. The maximum absolute atomic E-state index is 12.3. The van der Waals surface area contributed by atoms with Gasteiger partial charge in [-0.25, -0.2) is 9.36 Å². The molecular weight excluding hydrogens is 338 g/mol. The molecule has 0 amide bonds. The molecule has 0 aliphatic rings. The summed E-state index contributed by atoms with van der Waals surface area (Å²) in [5.41, 5.74) is 0.510. The van der Waals surface area contributed by atoms with Gasteiger partial charge in [0.05, 0.1) is 6.20 Å². The lowest BCUT2D eigenvalue weighted by Crippen LogP contribution is -2.28. The predicted octanol–water partition coefficient (Wildman–Crippen LogP) is 1.17. The molecule has 0 fully saturated rings. The van der Waals surface area contributed by atoms with E-state index in [4.69, 9.17) is 0 Å². The van der Waals surface area contributed by atoms with Gasteiger partial charge < -0.3 is 0 Å². The van der Waals surface area contributed by atoms with Gasteiger partial charge in [0.2, 0.25) is 0 Å². The average molecular weight is 348 g/mol. The van der Waals surface area contributed by atoms with Gasteiger partial charge in [-0.15, -0.1) is 5.10 Å². The average Bonchev–Trinajstić information content (AvgIpc) is 2.84. The summed E-state index contributed by atoms with van der Waals surface area (Å²) in [7, 11) is 1.67. The smallest absolute Gasteiger partial charge is 0.281 e. The number of nitrogens with zero attached hydrogens (tertiary/aromatic N) is 5. The molecule has 2 heterocycles. The number of aromatic nitrogens is 5. The fraction of sp³-hybridized carbons (Fsp3) is 0.154. The van der Waals surface area contributed by atoms with E-state index < -0.39 is 0 Å². The van der Waals surface area contributed by atoms with Crippen LogP contribution in [0.1, 0.15) is 10.4 Å². The molecule has 1 aromatic carbocycles. The normalized spacial score (nSPS) is 11.0. The van der Waals surface area contributed by atoms with Gasteiger partial charge in [-0.05, 0) is 6.07 Å². The zero-order valence-corrected chi connectivity index (χ0v) is 12.6. The molecular formula is C13H10BrN5O2. The summed E-state index contributed by atoms with van der Waals surface area (Å²) in [5, 5.41) is 12.0. The van der Waals surface area contributed by atoms with Crippen LogP contribution in [-0.2, 0) is 13.6 Å². The Morgan fingerprint density at radius 2 is 2.10 bits per heavy atom. The van der Waals surface area contributed by atoms with Gasteiger partial charge in [-0.2, -0.15) is 5.10 Å². The Balaban J connectivity index is 1.99. The van der Waals surface area contributed by atoms with E-state index in [2.05, 4.69) is 31.3 Å². The second-order valence-corrected chi connectivity index (χ2v) is 5.32. The summed E-state index contributed by atoms with van der Waals surface area (Å²) < 4.78 is 3.19. The first-order valence-electron chi connectivity index (χ1n) is 6.11. The zero-order chi connectivity index (χ0) is 15.0. The number of halogens is 1. The van der Waals surface area contributed by atoms with Crippen molar-refractivity contribution in [3.05, 3.63) is 50.9 Å². The highest BCUT2D eigenvalue weighted by molar-refractivity contribution is 9.10. The van der Waals surface area contributed by atoms with Crippen molar-refractivity contribution in [3.63, 3.8) is 0 Å². The van der Waals surface area contributed by atoms with Crippen LogP contribution in [-0.4, -0.2) is 30.6 Å². The molecule has 0 saturated carbocycles. The Hall–Kier alpha value is -2.35. The van der Waals surface area contributed by atoms with Crippen LogP contribution in [0.5, 0.6) is 0 Å². The van der Waals surface area contributed by atoms with Crippen LogP contribution in [0, 0.1) is 0 Å². The van der Waals surface area contributed by atoms with Crippen molar-refractivity contribution >= 4 is 32.7 Å². The number of carbonyl (C=O) groups is 1. The molecule has 21 heavy (non-hydrogen) atoms. The number of hydrogen-bond acceptors (Lipinski definition) is 5. The molecule has 0 N–H and O–H groups in total. The highest BCUT2D eigenvalue weighted by Crippen LogP contribution is 2.16. The number of Topliss-reactive ketones (excluding diaryl/α,β-unsaturated/α-hetero) is 1. The first-order chi connectivity index (χ1) is 10.1. The van der Waals surface area contributed by atoms with Crippen LogP contribution < -0.4 is 5.56 Å².